The number of nitrogens with zero attached hydrogens (tertiary/aromatic N) is 1. The Hall–Kier alpha value is -0.490. The molecule has 1 unspecified atom stereocenters. The Morgan fingerprint density at radius 2 is 1.63 bits per heavy atom. The van der Waals surface area contributed by atoms with E-state index in [0.717, 1.165) is 0 Å². The summed E-state index contributed by atoms with van der Waals surface area (Å²) < 4.78 is 11.5. The highest BCUT2D eigenvalue weighted by Crippen LogP contribution is 2.37. The second-order valence-corrected chi connectivity index (χ2v) is 7.93. The summed E-state index contributed by atoms with van der Waals surface area (Å²) in [6.07, 6.45) is 5.80. The van der Waals surface area contributed by atoms with Gasteiger partial charge in [0.15, 0.2) is 5.75 Å². The van der Waals surface area contributed by atoms with Gasteiger partial charge in [-0.1, -0.05) is 74.8 Å². The van der Waals surface area contributed by atoms with Crippen LogP contribution in [0, 0.1) is 0 Å². The maximum Gasteiger partial charge on any atom is 0.157 e. The monoisotopic (exact) mass is 493 g/mol. The second kappa shape index (κ2) is 13.6. The molecule has 0 aliphatic carbocycles. The topological polar surface area (TPSA) is 40.0 Å². The molecule has 150 valence electrons. The molecular formula is C17H17Cl6NO3. The molecule has 0 aliphatic heterocycles. The van der Waals surface area contributed by atoms with Gasteiger partial charge >= 0.3 is 0 Å². The average Bonchev–Trinajstić information content (AvgIpc) is 2.56. The van der Waals surface area contributed by atoms with Gasteiger partial charge in [-0.25, -0.2) is 0 Å². The van der Waals surface area contributed by atoms with E-state index in [-0.39, 0.29) is 28.3 Å². The third-order valence-electron chi connectivity index (χ3n) is 2.94. The van der Waals surface area contributed by atoms with Crippen LogP contribution in [0.4, 0.5) is 0 Å². The van der Waals surface area contributed by atoms with E-state index < -0.39 is 0 Å². The van der Waals surface area contributed by atoms with Crippen LogP contribution in [-0.4, -0.2) is 25.5 Å². The largest absolute Gasteiger partial charge is 0.489 e. The minimum atomic E-state index is -0.145. The van der Waals surface area contributed by atoms with Gasteiger partial charge in [-0.05, 0) is 31.9 Å². The fraction of sp³-hybridized carbons (Fsp3) is 0.353. The molecule has 0 radical (unpaired) electrons. The van der Waals surface area contributed by atoms with E-state index >= 15 is 0 Å². The molecule has 0 fully saturated rings. The van der Waals surface area contributed by atoms with Gasteiger partial charge in [0.25, 0.3) is 0 Å². The molecule has 0 aromatic heterocycles. The number of rotatable bonds is 11. The number of hydrogen-bond acceptors (Lipinski definition) is 4. The first-order chi connectivity index (χ1) is 12.8. The molecule has 0 saturated carbocycles. The maximum absolute atomic E-state index is 6.23. The minimum absolute atomic E-state index is 0.120. The van der Waals surface area contributed by atoms with Gasteiger partial charge in [0.2, 0.25) is 0 Å². The van der Waals surface area contributed by atoms with Crippen LogP contribution in [0.3, 0.4) is 0 Å². The summed E-state index contributed by atoms with van der Waals surface area (Å²) >= 11 is 34.4. The van der Waals surface area contributed by atoms with Crippen molar-refractivity contribution in [2.24, 2.45) is 5.16 Å². The smallest absolute Gasteiger partial charge is 0.157 e. The Morgan fingerprint density at radius 3 is 2.22 bits per heavy atom. The Labute approximate surface area is 188 Å². The molecule has 1 rings (SSSR count). The number of halogens is 6. The van der Waals surface area contributed by atoms with Gasteiger partial charge in [0.05, 0.1) is 16.1 Å². The van der Waals surface area contributed by atoms with Crippen LogP contribution in [0.1, 0.15) is 19.8 Å². The summed E-state index contributed by atoms with van der Waals surface area (Å²) in [6.45, 7) is 2.30. The second-order valence-electron chi connectivity index (χ2n) is 5.10. The highest BCUT2D eigenvalue weighted by atomic mass is 35.5. The summed E-state index contributed by atoms with van der Waals surface area (Å²) in [5.41, 5.74) is 0. The van der Waals surface area contributed by atoms with Crippen molar-refractivity contribution < 1.29 is 14.3 Å². The SMILES string of the molecule is CC(CCC=NOCC=C(Cl)Cl)Oc1c(Cl)cc(OCC=C(Cl)Cl)cc1Cl. The summed E-state index contributed by atoms with van der Waals surface area (Å²) in [5, 5.41) is 4.46. The lowest BCUT2D eigenvalue weighted by Gasteiger charge is -2.17. The lowest BCUT2D eigenvalue weighted by Crippen LogP contribution is -2.12. The third-order valence-corrected chi connectivity index (χ3v) is 4.12. The maximum atomic E-state index is 6.23. The molecule has 0 amide bonds. The number of benzene rings is 1. The summed E-state index contributed by atoms with van der Waals surface area (Å²) in [7, 11) is 0. The van der Waals surface area contributed by atoms with Gasteiger partial charge in [-0.15, -0.1) is 0 Å². The number of ether oxygens (including phenoxy) is 2. The first-order valence-corrected chi connectivity index (χ1v) is 10.0. The van der Waals surface area contributed by atoms with Gasteiger partial charge < -0.3 is 14.3 Å². The lowest BCUT2D eigenvalue weighted by atomic mass is 10.2. The van der Waals surface area contributed by atoms with Crippen LogP contribution in [0.15, 0.2) is 38.4 Å². The average molecular weight is 496 g/mol. The molecule has 1 aromatic rings. The Kier molecular flexibility index (Phi) is 12.4. The van der Waals surface area contributed by atoms with Crippen LogP contribution >= 0.6 is 69.6 Å². The summed E-state index contributed by atoms with van der Waals surface area (Å²) in [5.74, 6) is 0.866. The summed E-state index contributed by atoms with van der Waals surface area (Å²) in [4.78, 5) is 4.95. The van der Waals surface area contributed by atoms with Crippen LogP contribution in [-0.2, 0) is 4.84 Å². The highest BCUT2D eigenvalue weighted by molar-refractivity contribution is 6.56. The molecule has 0 saturated heterocycles. The van der Waals surface area contributed by atoms with E-state index in [1.807, 2.05) is 6.92 Å². The first kappa shape index (κ1) is 24.5. The van der Waals surface area contributed by atoms with Crippen LogP contribution in [0.5, 0.6) is 11.5 Å². The Morgan fingerprint density at radius 1 is 1.04 bits per heavy atom. The van der Waals surface area contributed by atoms with Crippen molar-refractivity contribution in [3.05, 3.63) is 43.3 Å². The third kappa shape index (κ3) is 11.2. The van der Waals surface area contributed by atoms with Crippen molar-refractivity contribution in [1.29, 1.82) is 0 Å². The van der Waals surface area contributed by atoms with E-state index in [0.29, 0.717) is 34.4 Å². The number of oxime groups is 1. The van der Waals surface area contributed by atoms with Gasteiger partial charge in [-0.3, -0.25) is 0 Å². The molecule has 0 aliphatic rings. The molecule has 4 nitrogen and oxygen atoms in total. The van der Waals surface area contributed by atoms with E-state index in [1.165, 1.54) is 12.2 Å². The zero-order chi connectivity index (χ0) is 20.2. The van der Waals surface area contributed by atoms with E-state index in [2.05, 4.69) is 5.16 Å². The molecular weight excluding hydrogens is 479 g/mol. The van der Waals surface area contributed by atoms with Crippen molar-refractivity contribution in [2.45, 2.75) is 25.9 Å². The van der Waals surface area contributed by atoms with E-state index in [4.69, 9.17) is 83.9 Å². The quantitative estimate of drug-likeness (QED) is 0.180. The highest BCUT2D eigenvalue weighted by Gasteiger charge is 2.13. The zero-order valence-electron chi connectivity index (χ0n) is 14.2. The van der Waals surface area contributed by atoms with Crippen LogP contribution < -0.4 is 9.47 Å². The molecule has 0 bridgehead atoms. The van der Waals surface area contributed by atoms with Crippen molar-refractivity contribution in [2.75, 3.05) is 13.2 Å². The lowest BCUT2D eigenvalue weighted by molar-refractivity contribution is 0.174. The molecule has 0 spiro atoms. The van der Waals surface area contributed by atoms with Gasteiger partial charge in [-0.2, -0.15) is 0 Å². The zero-order valence-corrected chi connectivity index (χ0v) is 18.8. The fourth-order valence-electron chi connectivity index (χ4n) is 1.75. The van der Waals surface area contributed by atoms with E-state index in [1.54, 1.807) is 18.3 Å². The van der Waals surface area contributed by atoms with Crippen LogP contribution in [0.25, 0.3) is 0 Å². The van der Waals surface area contributed by atoms with Gasteiger partial charge in [0.1, 0.15) is 27.9 Å². The van der Waals surface area contributed by atoms with Crippen LogP contribution in [0.2, 0.25) is 10.0 Å². The first-order valence-electron chi connectivity index (χ1n) is 7.74. The molecule has 10 heteroatoms. The Bertz CT molecular complexity index is 662. The standard InChI is InChI=1S/C17H17Cl6NO3/c1-11(3-2-6-24-26-8-5-16(22)23)27-17-13(18)9-12(10-14(17)19)25-7-4-15(20)21/h4-6,9-11H,2-3,7-8H2,1H3. The van der Waals surface area contributed by atoms with Crippen molar-refractivity contribution >= 4 is 75.8 Å². The minimum Gasteiger partial charge on any atom is -0.489 e. The van der Waals surface area contributed by atoms with Gasteiger partial charge in [0, 0.05) is 18.3 Å². The molecule has 0 heterocycles. The normalized spacial score (nSPS) is 11.8. The predicted molar refractivity (Wildman–Crippen MR) is 115 cm³/mol. The number of hydrogen-bond donors (Lipinski definition) is 0. The van der Waals surface area contributed by atoms with Crippen molar-refractivity contribution in [1.82, 2.24) is 0 Å². The Balaban J connectivity index is 2.49. The molecule has 1 atom stereocenters. The van der Waals surface area contributed by atoms with Crippen molar-refractivity contribution in [3.63, 3.8) is 0 Å². The molecule has 0 N–H and O–H groups in total. The molecule has 27 heavy (non-hydrogen) atoms. The fourth-order valence-corrected chi connectivity index (χ4v) is 2.56. The predicted octanol–water partition coefficient (Wildman–Crippen LogP) is 7.56. The summed E-state index contributed by atoms with van der Waals surface area (Å²) in [6, 6.07) is 3.21. The van der Waals surface area contributed by atoms with E-state index in [9.17, 15) is 0 Å². The van der Waals surface area contributed by atoms with Crippen molar-refractivity contribution in [3.8, 4) is 11.5 Å². The molecule has 1 aromatic carbocycles.